The Morgan fingerprint density at radius 2 is 2.04 bits per heavy atom. The molecule has 2 rings (SSSR count). The van der Waals surface area contributed by atoms with Gasteiger partial charge in [0.1, 0.15) is 0 Å². The molecule has 0 spiro atoms. The van der Waals surface area contributed by atoms with Gasteiger partial charge in [0, 0.05) is 6.54 Å². The second-order valence-electron chi connectivity index (χ2n) is 6.14. The highest BCUT2D eigenvalue weighted by atomic mass is 16.5. The molecule has 5 nitrogen and oxygen atoms in total. The third kappa shape index (κ3) is 4.61. The van der Waals surface area contributed by atoms with Crippen LogP contribution < -0.4 is 20.5 Å². The fraction of sp³-hybridized carbons (Fsp3) is 0.611. The standard InChI is InChI=1S/C18H28N2O3/c1-3-23-16-13-14(8-9-15(16)22-2)7-6-12-20-17(21)18(19)10-4-5-11-18/h8-9,13H,3-7,10-12,19H2,1-2H3,(H,20,21). The minimum Gasteiger partial charge on any atom is -0.493 e. The summed E-state index contributed by atoms with van der Waals surface area (Å²) < 4.78 is 10.9. The Morgan fingerprint density at radius 3 is 2.70 bits per heavy atom. The Morgan fingerprint density at radius 1 is 1.30 bits per heavy atom. The van der Waals surface area contributed by atoms with Crippen molar-refractivity contribution in [3.63, 3.8) is 0 Å². The molecule has 23 heavy (non-hydrogen) atoms. The fourth-order valence-corrected chi connectivity index (χ4v) is 3.05. The predicted octanol–water partition coefficient (Wildman–Crippen LogP) is 2.41. The topological polar surface area (TPSA) is 73.6 Å². The zero-order valence-corrected chi connectivity index (χ0v) is 14.2. The van der Waals surface area contributed by atoms with Crippen LogP contribution in [0.25, 0.3) is 0 Å². The van der Waals surface area contributed by atoms with E-state index in [1.807, 2.05) is 25.1 Å². The second kappa shape index (κ2) is 8.20. The zero-order chi connectivity index (χ0) is 16.7. The summed E-state index contributed by atoms with van der Waals surface area (Å²) in [5, 5.41) is 2.98. The fourth-order valence-electron chi connectivity index (χ4n) is 3.05. The lowest BCUT2D eigenvalue weighted by molar-refractivity contribution is -0.126. The Labute approximate surface area is 138 Å². The number of rotatable bonds is 8. The maximum atomic E-state index is 12.1. The second-order valence-corrected chi connectivity index (χ2v) is 6.14. The summed E-state index contributed by atoms with van der Waals surface area (Å²) in [6, 6.07) is 5.96. The molecule has 1 aliphatic carbocycles. The van der Waals surface area contributed by atoms with Crippen molar-refractivity contribution in [2.24, 2.45) is 5.73 Å². The number of carbonyl (C=O) groups excluding carboxylic acids is 1. The minimum absolute atomic E-state index is 0.000244. The normalized spacial score (nSPS) is 16.1. The minimum atomic E-state index is -0.637. The molecule has 1 aliphatic rings. The number of benzene rings is 1. The van der Waals surface area contributed by atoms with Crippen LogP contribution in [0.3, 0.4) is 0 Å². The first kappa shape index (κ1) is 17.6. The van der Waals surface area contributed by atoms with E-state index in [1.54, 1.807) is 7.11 Å². The van der Waals surface area contributed by atoms with E-state index in [4.69, 9.17) is 15.2 Å². The number of aryl methyl sites for hydroxylation is 1. The molecular formula is C18H28N2O3. The van der Waals surface area contributed by atoms with Crippen molar-refractivity contribution in [3.8, 4) is 11.5 Å². The van der Waals surface area contributed by atoms with Crippen LogP contribution in [-0.4, -0.2) is 31.7 Å². The van der Waals surface area contributed by atoms with Crippen molar-refractivity contribution in [1.82, 2.24) is 5.32 Å². The molecule has 0 atom stereocenters. The monoisotopic (exact) mass is 320 g/mol. The number of hydrogen-bond acceptors (Lipinski definition) is 4. The highest BCUT2D eigenvalue weighted by molar-refractivity contribution is 5.86. The summed E-state index contributed by atoms with van der Waals surface area (Å²) >= 11 is 0. The smallest absolute Gasteiger partial charge is 0.240 e. The molecule has 128 valence electrons. The first-order valence-electron chi connectivity index (χ1n) is 8.46. The number of nitrogens with two attached hydrogens (primary N) is 1. The molecule has 1 saturated carbocycles. The molecule has 0 aliphatic heterocycles. The SMILES string of the molecule is CCOc1cc(CCCNC(=O)C2(N)CCCC2)ccc1OC. The van der Waals surface area contributed by atoms with Crippen LogP contribution in [0.15, 0.2) is 18.2 Å². The first-order valence-corrected chi connectivity index (χ1v) is 8.46. The number of methoxy groups -OCH3 is 1. The highest BCUT2D eigenvalue weighted by Gasteiger charge is 2.36. The Kier molecular flexibility index (Phi) is 6.28. The number of ether oxygens (including phenoxy) is 2. The lowest BCUT2D eigenvalue weighted by atomic mass is 9.98. The summed E-state index contributed by atoms with van der Waals surface area (Å²) in [5.74, 6) is 1.51. The van der Waals surface area contributed by atoms with Crippen LogP contribution in [0.2, 0.25) is 0 Å². The van der Waals surface area contributed by atoms with E-state index in [9.17, 15) is 4.79 Å². The average molecular weight is 320 g/mol. The van der Waals surface area contributed by atoms with E-state index < -0.39 is 5.54 Å². The van der Waals surface area contributed by atoms with Gasteiger partial charge in [0.25, 0.3) is 0 Å². The average Bonchev–Trinajstić information content (AvgIpc) is 3.00. The van der Waals surface area contributed by atoms with Crippen LogP contribution in [0.1, 0.15) is 44.6 Å². The zero-order valence-electron chi connectivity index (χ0n) is 14.2. The van der Waals surface area contributed by atoms with Crippen molar-refractivity contribution in [1.29, 1.82) is 0 Å². The van der Waals surface area contributed by atoms with Crippen molar-refractivity contribution in [2.45, 2.75) is 51.0 Å². The molecule has 5 heteroatoms. The first-order chi connectivity index (χ1) is 11.1. The molecule has 0 bridgehead atoms. The maximum Gasteiger partial charge on any atom is 0.240 e. The van der Waals surface area contributed by atoms with Gasteiger partial charge in [0.2, 0.25) is 5.91 Å². The van der Waals surface area contributed by atoms with E-state index in [1.165, 1.54) is 5.56 Å². The number of amides is 1. The van der Waals surface area contributed by atoms with Crippen molar-refractivity contribution < 1.29 is 14.3 Å². The van der Waals surface area contributed by atoms with Crippen molar-refractivity contribution in [3.05, 3.63) is 23.8 Å². The molecule has 1 aromatic carbocycles. The van der Waals surface area contributed by atoms with Gasteiger partial charge in [0.05, 0.1) is 19.3 Å². The largest absolute Gasteiger partial charge is 0.493 e. The molecule has 0 heterocycles. The molecule has 1 aromatic rings. The molecule has 3 N–H and O–H groups in total. The van der Waals surface area contributed by atoms with Crippen LogP contribution in [0.4, 0.5) is 0 Å². The summed E-state index contributed by atoms with van der Waals surface area (Å²) in [4.78, 5) is 12.1. The van der Waals surface area contributed by atoms with Crippen molar-refractivity contribution >= 4 is 5.91 Å². The van der Waals surface area contributed by atoms with Gasteiger partial charge < -0.3 is 20.5 Å². The molecule has 0 unspecified atom stereocenters. The van der Waals surface area contributed by atoms with Gasteiger partial charge in [-0.25, -0.2) is 0 Å². The van der Waals surface area contributed by atoms with E-state index in [-0.39, 0.29) is 5.91 Å². The van der Waals surface area contributed by atoms with Crippen LogP contribution in [0.5, 0.6) is 11.5 Å². The predicted molar refractivity (Wildman–Crippen MR) is 90.9 cm³/mol. The Balaban J connectivity index is 1.80. The third-order valence-electron chi connectivity index (χ3n) is 4.40. The molecule has 1 amide bonds. The molecule has 0 radical (unpaired) electrons. The number of carbonyl (C=O) groups is 1. The number of hydrogen-bond donors (Lipinski definition) is 2. The van der Waals surface area contributed by atoms with Gasteiger partial charge in [-0.2, -0.15) is 0 Å². The van der Waals surface area contributed by atoms with Gasteiger partial charge >= 0.3 is 0 Å². The van der Waals surface area contributed by atoms with E-state index in [2.05, 4.69) is 5.32 Å². The van der Waals surface area contributed by atoms with Gasteiger partial charge in [-0.05, 0) is 50.3 Å². The Bertz CT molecular complexity index is 525. The summed E-state index contributed by atoms with van der Waals surface area (Å²) in [7, 11) is 1.64. The van der Waals surface area contributed by atoms with Crippen LogP contribution in [-0.2, 0) is 11.2 Å². The third-order valence-corrected chi connectivity index (χ3v) is 4.40. The van der Waals surface area contributed by atoms with Crippen molar-refractivity contribution in [2.75, 3.05) is 20.3 Å². The quantitative estimate of drug-likeness (QED) is 0.722. The van der Waals surface area contributed by atoms with E-state index in [0.29, 0.717) is 13.2 Å². The molecule has 1 fully saturated rings. The summed E-state index contributed by atoms with van der Waals surface area (Å²) in [5.41, 5.74) is 6.67. The van der Waals surface area contributed by atoms with Gasteiger partial charge in [0.15, 0.2) is 11.5 Å². The van der Waals surface area contributed by atoms with Crippen LogP contribution >= 0.6 is 0 Å². The summed E-state index contributed by atoms with van der Waals surface area (Å²) in [6.45, 7) is 3.20. The molecule has 0 saturated heterocycles. The maximum absolute atomic E-state index is 12.1. The van der Waals surface area contributed by atoms with Crippen LogP contribution in [0, 0.1) is 0 Å². The van der Waals surface area contributed by atoms with Gasteiger partial charge in [-0.3, -0.25) is 4.79 Å². The Hall–Kier alpha value is -1.75. The van der Waals surface area contributed by atoms with E-state index >= 15 is 0 Å². The van der Waals surface area contributed by atoms with Gasteiger partial charge in [-0.15, -0.1) is 0 Å². The van der Waals surface area contributed by atoms with E-state index in [0.717, 1.165) is 50.0 Å². The molecular weight excluding hydrogens is 292 g/mol. The lowest BCUT2D eigenvalue weighted by Crippen LogP contribution is -2.52. The lowest BCUT2D eigenvalue weighted by Gasteiger charge is -2.22. The van der Waals surface area contributed by atoms with Gasteiger partial charge in [-0.1, -0.05) is 18.9 Å². The summed E-state index contributed by atoms with van der Waals surface area (Å²) in [6.07, 6.45) is 5.46. The molecule has 0 aromatic heterocycles. The highest BCUT2D eigenvalue weighted by Crippen LogP contribution is 2.29. The number of nitrogens with one attached hydrogen (secondary N) is 1.